The van der Waals surface area contributed by atoms with E-state index in [0.717, 1.165) is 24.0 Å². The maximum Gasteiger partial charge on any atom is 0.417 e. The van der Waals surface area contributed by atoms with E-state index < -0.39 is 22.6 Å². The molecule has 14 heteroatoms. The van der Waals surface area contributed by atoms with Crippen molar-refractivity contribution in [3.63, 3.8) is 0 Å². The molecular formula is C20H16F3N5O4S2. The molecule has 1 N–H and O–H groups in total. The number of pyridine rings is 1. The summed E-state index contributed by atoms with van der Waals surface area (Å²) in [4.78, 5) is 30.6. The zero-order valence-corrected chi connectivity index (χ0v) is 19.0. The molecule has 0 radical (unpaired) electrons. The number of ether oxygens (including phenoxy) is 1. The number of nitrogens with one attached hydrogen (secondary N) is 1. The second-order valence-electron chi connectivity index (χ2n) is 6.46. The average molecular weight is 512 g/mol. The van der Waals surface area contributed by atoms with Crippen LogP contribution in [-0.2, 0) is 22.1 Å². The maximum absolute atomic E-state index is 12.7. The summed E-state index contributed by atoms with van der Waals surface area (Å²) < 4.78 is 43.1. The normalized spacial score (nSPS) is 11.5. The molecule has 0 saturated carbocycles. The number of benzene rings is 1. The van der Waals surface area contributed by atoms with Crippen LogP contribution in [0.2, 0.25) is 0 Å². The van der Waals surface area contributed by atoms with Crippen LogP contribution in [0.1, 0.15) is 23.7 Å². The van der Waals surface area contributed by atoms with Crippen molar-refractivity contribution in [2.24, 2.45) is 5.10 Å². The lowest BCUT2D eigenvalue weighted by Gasteiger charge is -2.08. The molecule has 1 aromatic carbocycles. The highest BCUT2D eigenvalue weighted by Crippen LogP contribution is 2.33. The summed E-state index contributed by atoms with van der Waals surface area (Å²) >= 11 is 2.24. The number of nitrogens with zero attached hydrogens (tertiary/aromatic N) is 4. The average Bonchev–Trinajstić information content (AvgIpc) is 3.21. The number of thiazole rings is 1. The van der Waals surface area contributed by atoms with E-state index in [1.165, 1.54) is 41.8 Å². The molecule has 0 atom stereocenters. The summed E-state index contributed by atoms with van der Waals surface area (Å²) in [5, 5.41) is 17.5. The Morgan fingerprint density at radius 1 is 1.35 bits per heavy atom. The van der Waals surface area contributed by atoms with Crippen LogP contribution in [-0.4, -0.2) is 33.7 Å². The van der Waals surface area contributed by atoms with E-state index in [2.05, 4.69) is 20.5 Å². The molecule has 0 fully saturated rings. The number of nitro groups is 1. The second kappa shape index (κ2) is 11.1. The van der Waals surface area contributed by atoms with E-state index in [0.29, 0.717) is 21.3 Å². The molecule has 178 valence electrons. The SMILES string of the molecule is CCOC(=O)Cc1csc(NN=Cc2cc([N+](=O)[O-])ccc2Sc2ccc(C(F)(F)F)cn2)n1. The third-order valence-electron chi connectivity index (χ3n) is 4.03. The van der Waals surface area contributed by atoms with E-state index in [-0.39, 0.29) is 23.7 Å². The van der Waals surface area contributed by atoms with Crippen molar-refractivity contribution in [2.75, 3.05) is 12.0 Å². The number of nitro benzene ring substituents is 1. The number of rotatable bonds is 9. The van der Waals surface area contributed by atoms with Gasteiger partial charge in [-0.15, -0.1) is 11.3 Å². The van der Waals surface area contributed by atoms with Crippen LogP contribution in [0.3, 0.4) is 0 Å². The summed E-state index contributed by atoms with van der Waals surface area (Å²) in [5.74, 6) is -0.405. The first-order valence-electron chi connectivity index (χ1n) is 9.54. The summed E-state index contributed by atoms with van der Waals surface area (Å²) in [6, 6.07) is 6.15. The van der Waals surface area contributed by atoms with Crippen molar-refractivity contribution in [3.05, 3.63) is 68.8 Å². The molecule has 0 aliphatic heterocycles. The van der Waals surface area contributed by atoms with Crippen molar-refractivity contribution in [3.8, 4) is 0 Å². The van der Waals surface area contributed by atoms with Crippen LogP contribution in [0.25, 0.3) is 0 Å². The first-order chi connectivity index (χ1) is 16.2. The Hall–Kier alpha value is -3.52. The van der Waals surface area contributed by atoms with Crippen molar-refractivity contribution < 1.29 is 27.6 Å². The lowest BCUT2D eigenvalue weighted by atomic mass is 10.2. The molecule has 2 heterocycles. The Bertz CT molecular complexity index is 1200. The third kappa shape index (κ3) is 6.99. The molecule has 0 saturated heterocycles. The molecular weight excluding hydrogens is 495 g/mol. The summed E-state index contributed by atoms with van der Waals surface area (Å²) in [6.45, 7) is 1.97. The highest BCUT2D eigenvalue weighted by Gasteiger charge is 2.30. The molecule has 3 aromatic rings. The Labute approximate surface area is 199 Å². The van der Waals surface area contributed by atoms with Crippen molar-refractivity contribution in [1.29, 1.82) is 0 Å². The van der Waals surface area contributed by atoms with Crippen molar-refractivity contribution in [1.82, 2.24) is 9.97 Å². The summed E-state index contributed by atoms with van der Waals surface area (Å²) in [7, 11) is 0. The Morgan fingerprint density at radius 2 is 2.15 bits per heavy atom. The molecule has 2 aromatic heterocycles. The topological polar surface area (TPSA) is 120 Å². The molecule has 34 heavy (non-hydrogen) atoms. The predicted octanol–water partition coefficient (Wildman–Crippen LogP) is 5.17. The molecule has 0 spiro atoms. The zero-order chi connectivity index (χ0) is 24.7. The molecule has 3 rings (SSSR count). The van der Waals surface area contributed by atoms with Gasteiger partial charge in [-0.1, -0.05) is 11.8 Å². The monoisotopic (exact) mass is 511 g/mol. The fourth-order valence-corrected chi connectivity index (χ4v) is 4.01. The number of anilines is 1. The highest BCUT2D eigenvalue weighted by atomic mass is 32.2. The predicted molar refractivity (Wildman–Crippen MR) is 120 cm³/mol. The van der Waals surface area contributed by atoms with Crippen LogP contribution < -0.4 is 5.43 Å². The highest BCUT2D eigenvalue weighted by molar-refractivity contribution is 7.99. The van der Waals surface area contributed by atoms with Crippen LogP contribution in [0.5, 0.6) is 0 Å². The van der Waals surface area contributed by atoms with Gasteiger partial charge in [-0.25, -0.2) is 9.97 Å². The number of alkyl halides is 3. The lowest BCUT2D eigenvalue weighted by Crippen LogP contribution is -2.07. The minimum Gasteiger partial charge on any atom is -0.466 e. The van der Waals surface area contributed by atoms with Gasteiger partial charge >= 0.3 is 12.1 Å². The number of hydrogen-bond acceptors (Lipinski definition) is 10. The first kappa shape index (κ1) is 25.1. The molecule has 9 nitrogen and oxygen atoms in total. The zero-order valence-electron chi connectivity index (χ0n) is 17.4. The Morgan fingerprint density at radius 3 is 2.79 bits per heavy atom. The number of aromatic nitrogens is 2. The number of halogens is 3. The first-order valence-corrected chi connectivity index (χ1v) is 11.2. The molecule has 0 bridgehead atoms. The van der Waals surface area contributed by atoms with Gasteiger partial charge in [-0.05, 0) is 25.1 Å². The van der Waals surface area contributed by atoms with E-state index in [9.17, 15) is 28.1 Å². The Kier molecular flexibility index (Phi) is 8.17. The smallest absolute Gasteiger partial charge is 0.417 e. The lowest BCUT2D eigenvalue weighted by molar-refractivity contribution is -0.384. The van der Waals surface area contributed by atoms with Gasteiger partial charge in [0.2, 0.25) is 5.13 Å². The number of esters is 1. The summed E-state index contributed by atoms with van der Waals surface area (Å²) in [6.07, 6.45) is -2.44. The Balaban J connectivity index is 1.75. The van der Waals surface area contributed by atoms with E-state index >= 15 is 0 Å². The van der Waals surface area contributed by atoms with Crippen molar-refractivity contribution in [2.45, 2.75) is 29.4 Å². The number of carbonyl (C=O) groups excluding carboxylic acids is 1. The van der Waals surface area contributed by atoms with Gasteiger partial charge in [-0.3, -0.25) is 20.3 Å². The fourth-order valence-electron chi connectivity index (χ4n) is 2.52. The van der Waals surface area contributed by atoms with Gasteiger partial charge in [0.05, 0.1) is 35.4 Å². The van der Waals surface area contributed by atoms with Crippen LogP contribution in [0, 0.1) is 10.1 Å². The van der Waals surface area contributed by atoms with E-state index in [1.54, 1.807) is 12.3 Å². The number of non-ortho nitro benzene ring substituents is 1. The standard InChI is InChI=1S/C20H16F3N5O4S2/c1-2-32-18(29)8-14-11-33-19(26-14)27-25-9-12-7-15(28(30)31)4-5-16(12)34-17-6-3-13(10-24-17)20(21,22)23/h3-7,9-11H,2,8H2,1H3,(H,26,27). The van der Waals surface area contributed by atoms with Gasteiger partial charge in [0.1, 0.15) is 5.03 Å². The minimum absolute atomic E-state index is 0.0154. The molecule has 0 aliphatic rings. The van der Waals surface area contributed by atoms with Crippen molar-refractivity contribution >= 4 is 46.1 Å². The maximum atomic E-state index is 12.7. The van der Waals surface area contributed by atoms with Crippen LogP contribution >= 0.6 is 23.1 Å². The van der Waals surface area contributed by atoms with E-state index in [1.807, 2.05) is 0 Å². The second-order valence-corrected chi connectivity index (χ2v) is 8.38. The number of hydrazone groups is 1. The van der Waals surface area contributed by atoms with Gasteiger partial charge in [0.25, 0.3) is 5.69 Å². The molecule has 0 unspecified atom stereocenters. The van der Waals surface area contributed by atoms with Crippen LogP contribution in [0.15, 0.2) is 56.9 Å². The van der Waals surface area contributed by atoms with Gasteiger partial charge in [0, 0.05) is 34.2 Å². The minimum atomic E-state index is -4.50. The summed E-state index contributed by atoms with van der Waals surface area (Å²) in [5.41, 5.74) is 2.47. The number of hydrogen-bond donors (Lipinski definition) is 1. The third-order valence-corrected chi connectivity index (χ3v) is 5.87. The largest absolute Gasteiger partial charge is 0.466 e. The number of carbonyl (C=O) groups is 1. The fraction of sp³-hybridized carbons (Fsp3) is 0.200. The molecule has 0 aliphatic carbocycles. The van der Waals surface area contributed by atoms with Gasteiger partial charge in [-0.2, -0.15) is 18.3 Å². The molecule has 0 amide bonds. The quantitative estimate of drug-likeness (QED) is 0.181. The van der Waals surface area contributed by atoms with Crippen LogP contribution in [0.4, 0.5) is 24.0 Å². The van der Waals surface area contributed by atoms with E-state index in [4.69, 9.17) is 4.74 Å². The van der Waals surface area contributed by atoms with Gasteiger partial charge < -0.3 is 4.74 Å². The van der Waals surface area contributed by atoms with Gasteiger partial charge in [0.15, 0.2) is 0 Å².